The number of benzene rings is 3. The smallest absolute Gasteiger partial charge is 0.336 e. The second kappa shape index (κ2) is 5.77. The summed E-state index contributed by atoms with van der Waals surface area (Å²) in [6, 6.07) is 12.5. The van der Waals surface area contributed by atoms with Crippen molar-refractivity contribution in [3.63, 3.8) is 0 Å². The molecule has 0 unspecified atom stereocenters. The highest BCUT2D eigenvalue weighted by atomic mass is 19.1. The van der Waals surface area contributed by atoms with Crippen molar-refractivity contribution in [2.75, 3.05) is 0 Å². The van der Waals surface area contributed by atoms with Gasteiger partial charge >= 0.3 is 11.9 Å². The van der Waals surface area contributed by atoms with Gasteiger partial charge in [0.2, 0.25) is 0 Å². The van der Waals surface area contributed by atoms with Gasteiger partial charge in [-0.15, -0.1) is 0 Å². The Kier molecular flexibility index (Phi) is 3.77. The molecule has 3 rings (SSSR count). The van der Waals surface area contributed by atoms with Crippen molar-refractivity contribution in [2.24, 2.45) is 0 Å². The van der Waals surface area contributed by atoms with Crippen LogP contribution in [-0.4, -0.2) is 22.2 Å². The monoisotopic (exact) mass is 324 g/mol. The van der Waals surface area contributed by atoms with E-state index in [-0.39, 0.29) is 16.7 Å². The number of fused-ring (bicyclic) bond motifs is 1. The molecule has 0 bridgehead atoms. The lowest BCUT2D eigenvalue weighted by atomic mass is 9.91. The third kappa shape index (κ3) is 2.50. The van der Waals surface area contributed by atoms with Crippen LogP contribution in [0.5, 0.6) is 0 Å². The zero-order valence-corrected chi connectivity index (χ0v) is 12.7. The Labute approximate surface area is 136 Å². The normalized spacial score (nSPS) is 10.8. The van der Waals surface area contributed by atoms with Gasteiger partial charge in [0.05, 0.1) is 11.1 Å². The fraction of sp³-hybridized carbons (Fsp3) is 0.0526. The number of halogens is 1. The van der Waals surface area contributed by atoms with Crippen molar-refractivity contribution >= 4 is 22.7 Å². The van der Waals surface area contributed by atoms with E-state index in [0.717, 1.165) is 0 Å². The molecule has 3 aromatic rings. The summed E-state index contributed by atoms with van der Waals surface area (Å²) >= 11 is 0. The number of carboxylic acid groups (broad SMARTS) is 2. The number of carboxylic acids is 2. The minimum Gasteiger partial charge on any atom is -0.478 e. The molecule has 0 aliphatic rings. The standard InChI is InChI=1S/C19H13FO4/c1-10-13(18(21)22)7-8-14(17(10)19(23)24)12-6-5-11-3-2-4-16(20)15(11)9-12/h2-9H,1H3,(H,21,22)(H,23,24). The third-order valence-electron chi connectivity index (χ3n) is 4.05. The van der Waals surface area contributed by atoms with E-state index in [0.29, 0.717) is 21.9 Å². The van der Waals surface area contributed by atoms with Crippen LogP contribution in [0.3, 0.4) is 0 Å². The molecule has 0 spiro atoms. The van der Waals surface area contributed by atoms with Crippen LogP contribution in [0.4, 0.5) is 4.39 Å². The third-order valence-corrected chi connectivity index (χ3v) is 4.05. The first-order chi connectivity index (χ1) is 11.4. The fourth-order valence-electron chi connectivity index (χ4n) is 2.86. The summed E-state index contributed by atoms with van der Waals surface area (Å²) in [5.74, 6) is -2.81. The molecule has 0 fully saturated rings. The van der Waals surface area contributed by atoms with Gasteiger partial charge in [0.1, 0.15) is 5.82 Å². The van der Waals surface area contributed by atoms with Gasteiger partial charge < -0.3 is 10.2 Å². The summed E-state index contributed by atoms with van der Waals surface area (Å²) in [7, 11) is 0. The summed E-state index contributed by atoms with van der Waals surface area (Å²) in [5.41, 5.74) is 0.884. The van der Waals surface area contributed by atoms with Crippen molar-refractivity contribution in [1.29, 1.82) is 0 Å². The molecule has 0 amide bonds. The van der Waals surface area contributed by atoms with Crippen LogP contribution in [0.1, 0.15) is 26.3 Å². The Morgan fingerprint density at radius 1 is 0.958 bits per heavy atom. The summed E-state index contributed by atoms with van der Waals surface area (Å²) in [6.07, 6.45) is 0. The topological polar surface area (TPSA) is 74.6 Å². The molecule has 0 radical (unpaired) electrons. The van der Waals surface area contributed by atoms with Crippen LogP contribution >= 0.6 is 0 Å². The van der Waals surface area contributed by atoms with Gasteiger partial charge in [-0.3, -0.25) is 0 Å². The van der Waals surface area contributed by atoms with E-state index in [9.17, 15) is 19.1 Å². The fourth-order valence-corrected chi connectivity index (χ4v) is 2.86. The molecule has 5 heteroatoms. The molecule has 0 aromatic heterocycles. The van der Waals surface area contributed by atoms with Crippen LogP contribution in [-0.2, 0) is 0 Å². The average molecular weight is 324 g/mol. The number of hydrogen-bond donors (Lipinski definition) is 2. The summed E-state index contributed by atoms with van der Waals surface area (Å²) in [6.45, 7) is 1.46. The molecule has 4 nitrogen and oxygen atoms in total. The van der Waals surface area contributed by atoms with E-state index in [1.165, 1.54) is 25.1 Å². The molecule has 0 heterocycles. The largest absolute Gasteiger partial charge is 0.478 e. The highest BCUT2D eigenvalue weighted by molar-refractivity contribution is 6.03. The highest BCUT2D eigenvalue weighted by Gasteiger charge is 2.20. The highest BCUT2D eigenvalue weighted by Crippen LogP contribution is 2.31. The molecule has 0 saturated carbocycles. The molecule has 24 heavy (non-hydrogen) atoms. The molecule has 3 aromatic carbocycles. The quantitative estimate of drug-likeness (QED) is 0.751. The maximum Gasteiger partial charge on any atom is 0.336 e. The Balaban J connectivity index is 2.30. The molecule has 0 saturated heterocycles. The van der Waals surface area contributed by atoms with Crippen molar-refractivity contribution in [3.05, 3.63) is 71.0 Å². The predicted octanol–water partition coefficient (Wildman–Crippen LogP) is 4.35. The lowest BCUT2D eigenvalue weighted by molar-refractivity contribution is 0.0696. The van der Waals surface area contributed by atoms with Crippen molar-refractivity contribution in [2.45, 2.75) is 6.92 Å². The number of aromatic carboxylic acids is 2. The van der Waals surface area contributed by atoms with Crippen LogP contribution in [0.25, 0.3) is 21.9 Å². The second-order valence-electron chi connectivity index (χ2n) is 5.45. The van der Waals surface area contributed by atoms with Crippen LogP contribution in [0, 0.1) is 12.7 Å². The van der Waals surface area contributed by atoms with E-state index in [4.69, 9.17) is 5.11 Å². The first-order valence-corrected chi connectivity index (χ1v) is 7.19. The van der Waals surface area contributed by atoms with Gasteiger partial charge in [-0.05, 0) is 47.2 Å². The number of carbonyl (C=O) groups is 2. The Hall–Kier alpha value is -3.21. The molecule has 0 atom stereocenters. The van der Waals surface area contributed by atoms with Crippen molar-refractivity contribution in [1.82, 2.24) is 0 Å². The Morgan fingerprint density at radius 3 is 2.38 bits per heavy atom. The first-order valence-electron chi connectivity index (χ1n) is 7.19. The summed E-state index contributed by atoms with van der Waals surface area (Å²) < 4.78 is 14.0. The van der Waals surface area contributed by atoms with Gasteiger partial charge in [-0.25, -0.2) is 14.0 Å². The van der Waals surface area contributed by atoms with E-state index in [1.54, 1.807) is 30.3 Å². The van der Waals surface area contributed by atoms with E-state index >= 15 is 0 Å². The average Bonchev–Trinajstić information content (AvgIpc) is 2.54. The predicted molar refractivity (Wildman–Crippen MR) is 88.0 cm³/mol. The van der Waals surface area contributed by atoms with Gasteiger partial charge in [0.25, 0.3) is 0 Å². The molecular weight excluding hydrogens is 311 g/mol. The Bertz CT molecular complexity index is 992. The summed E-state index contributed by atoms with van der Waals surface area (Å²) in [5, 5.41) is 19.8. The summed E-state index contributed by atoms with van der Waals surface area (Å²) in [4.78, 5) is 22.9. The van der Waals surface area contributed by atoms with Gasteiger partial charge in [0, 0.05) is 5.39 Å². The van der Waals surface area contributed by atoms with Crippen LogP contribution in [0.15, 0.2) is 48.5 Å². The van der Waals surface area contributed by atoms with E-state index in [2.05, 4.69) is 0 Å². The lowest BCUT2D eigenvalue weighted by Crippen LogP contribution is -2.09. The van der Waals surface area contributed by atoms with Crippen LogP contribution < -0.4 is 0 Å². The number of rotatable bonds is 3. The maximum atomic E-state index is 14.0. The van der Waals surface area contributed by atoms with Crippen molar-refractivity contribution in [3.8, 4) is 11.1 Å². The molecule has 120 valence electrons. The molecule has 0 aliphatic heterocycles. The van der Waals surface area contributed by atoms with Gasteiger partial charge in [-0.2, -0.15) is 0 Å². The van der Waals surface area contributed by atoms with Gasteiger partial charge in [-0.1, -0.05) is 30.3 Å². The zero-order chi connectivity index (χ0) is 17.4. The minimum atomic E-state index is -1.22. The molecule has 0 aliphatic carbocycles. The first kappa shape index (κ1) is 15.7. The Morgan fingerprint density at radius 2 is 1.71 bits per heavy atom. The maximum absolute atomic E-state index is 14.0. The number of hydrogen-bond acceptors (Lipinski definition) is 2. The zero-order valence-electron chi connectivity index (χ0n) is 12.7. The molecule has 2 N–H and O–H groups in total. The van der Waals surface area contributed by atoms with Crippen molar-refractivity contribution < 1.29 is 24.2 Å². The minimum absolute atomic E-state index is 0.0666. The van der Waals surface area contributed by atoms with E-state index < -0.39 is 17.8 Å². The second-order valence-corrected chi connectivity index (χ2v) is 5.45. The van der Waals surface area contributed by atoms with Crippen LogP contribution in [0.2, 0.25) is 0 Å². The van der Waals surface area contributed by atoms with E-state index in [1.807, 2.05) is 0 Å². The lowest BCUT2D eigenvalue weighted by Gasteiger charge is -2.12. The van der Waals surface area contributed by atoms with Gasteiger partial charge in [0.15, 0.2) is 0 Å². The SMILES string of the molecule is Cc1c(C(=O)O)ccc(-c2ccc3cccc(F)c3c2)c1C(=O)O. The molecular formula is C19H13FO4.